The van der Waals surface area contributed by atoms with Crippen LogP contribution < -0.4 is 5.32 Å². The van der Waals surface area contributed by atoms with Gasteiger partial charge in [0.05, 0.1) is 12.1 Å². The molecule has 1 aliphatic carbocycles. The fourth-order valence-corrected chi connectivity index (χ4v) is 3.22. The zero-order valence-corrected chi connectivity index (χ0v) is 12.6. The Morgan fingerprint density at radius 2 is 2.14 bits per heavy atom. The Bertz CT molecular complexity index is 474. The van der Waals surface area contributed by atoms with Gasteiger partial charge in [-0.2, -0.15) is 0 Å². The maximum atomic E-state index is 12.8. The summed E-state index contributed by atoms with van der Waals surface area (Å²) in [5, 5.41) is 12.7. The standard InChI is InChI=1S/C17H24FNO2/c1-13-3-2-10-17(11-13,12-20)19-16(21)9-6-14-4-7-15(18)8-5-14/h4-5,7-8,13,20H,2-3,6,9-12H2,1H3,(H,19,21). The molecule has 3 nitrogen and oxygen atoms in total. The summed E-state index contributed by atoms with van der Waals surface area (Å²) >= 11 is 0. The van der Waals surface area contributed by atoms with E-state index >= 15 is 0 Å². The van der Waals surface area contributed by atoms with Crippen LogP contribution >= 0.6 is 0 Å². The van der Waals surface area contributed by atoms with Crippen molar-refractivity contribution < 1.29 is 14.3 Å². The number of rotatable bonds is 5. The molecule has 0 spiro atoms. The molecule has 2 atom stereocenters. The van der Waals surface area contributed by atoms with Gasteiger partial charge < -0.3 is 10.4 Å². The van der Waals surface area contributed by atoms with Crippen LogP contribution in [0.3, 0.4) is 0 Å². The Morgan fingerprint density at radius 1 is 1.43 bits per heavy atom. The Hall–Kier alpha value is -1.42. The third kappa shape index (κ3) is 4.53. The van der Waals surface area contributed by atoms with Crippen LogP contribution in [0.1, 0.15) is 44.6 Å². The number of carbonyl (C=O) groups excluding carboxylic acids is 1. The number of aryl methyl sites for hydroxylation is 1. The molecule has 1 amide bonds. The molecule has 4 heteroatoms. The molecular weight excluding hydrogens is 269 g/mol. The number of aliphatic hydroxyl groups is 1. The van der Waals surface area contributed by atoms with Gasteiger partial charge >= 0.3 is 0 Å². The molecular formula is C17H24FNO2. The summed E-state index contributed by atoms with van der Waals surface area (Å²) in [6.45, 7) is 2.16. The van der Waals surface area contributed by atoms with Crippen molar-refractivity contribution >= 4 is 5.91 Å². The first-order valence-electron chi connectivity index (χ1n) is 7.69. The zero-order valence-electron chi connectivity index (χ0n) is 12.6. The highest BCUT2D eigenvalue weighted by atomic mass is 19.1. The highest BCUT2D eigenvalue weighted by Crippen LogP contribution is 2.32. The highest BCUT2D eigenvalue weighted by molar-refractivity contribution is 5.77. The largest absolute Gasteiger partial charge is 0.394 e. The second kappa shape index (κ2) is 7.03. The third-order valence-electron chi connectivity index (χ3n) is 4.35. The molecule has 21 heavy (non-hydrogen) atoms. The van der Waals surface area contributed by atoms with Gasteiger partial charge in [-0.1, -0.05) is 31.9 Å². The molecule has 1 fully saturated rings. The molecule has 0 bridgehead atoms. The molecule has 1 saturated carbocycles. The van der Waals surface area contributed by atoms with Gasteiger partial charge in [-0.15, -0.1) is 0 Å². The summed E-state index contributed by atoms with van der Waals surface area (Å²) in [7, 11) is 0. The van der Waals surface area contributed by atoms with E-state index in [1.54, 1.807) is 12.1 Å². The number of hydrogen-bond donors (Lipinski definition) is 2. The molecule has 1 aliphatic rings. The van der Waals surface area contributed by atoms with E-state index < -0.39 is 5.54 Å². The summed E-state index contributed by atoms with van der Waals surface area (Å²) in [4.78, 5) is 12.1. The normalized spacial score (nSPS) is 25.6. The maximum absolute atomic E-state index is 12.8. The average Bonchev–Trinajstić information content (AvgIpc) is 2.46. The number of carbonyl (C=O) groups is 1. The Labute approximate surface area is 125 Å². The number of amides is 1. The summed E-state index contributed by atoms with van der Waals surface area (Å²) in [5.41, 5.74) is 0.499. The van der Waals surface area contributed by atoms with Crippen LogP contribution in [0.5, 0.6) is 0 Å². The fraction of sp³-hybridized carbons (Fsp3) is 0.588. The predicted molar refractivity (Wildman–Crippen MR) is 80.3 cm³/mol. The van der Waals surface area contributed by atoms with Crippen molar-refractivity contribution in [2.75, 3.05) is 6.61 Å². The van der Waals surface area contributed by atoms with Crippen LogP contribution in [0.2, 0.25) is 0 Å². The highest BCUT2D eigenvalue weighted by Gasteiger charge is 2.35. The molecule has 116 valence electrons. The van der Waals surface area contributed by atoms with Crippen LogP contribution in [0.15, 0.2) is 24.3 Å². The second-order valence-corrected chi connectivity index (χ2v) is 6.31. The van der Waals surface area contributed by atoms with Gasteiger partial charge in [-0.25, -0.2) is 4.39 Å². The first-order chi connectivity index (χ1) is 10.0. The first-order valence-corrected chi connectivity index (χ1v) is 7.69. The van der Waals surface area contributed by atoms with Gasteiger partial charge in [0.1, 0.15) is 5.82 Å². The SMILES string of the molecule is CC1CCCC(CO)(NC(=O)CCc2ccc(F)cc2)C1. The Kier molecular flexibility index (Phi) is 5.34. The summed E-state index contributed by atoms with van der Waals surface area (Å²) in [5.74, 6) is 0.226. The lowest BCUT2D eigenvalue weighted by Gasteiger charge is -2.39. The lowest BCUT2D eigenvalue weighted by atomic mass is 9.76. The number of nitrogens with one attached hydrogen (secondary N) is 1. The quantitative estimate of drug-likeness (QED) is 0.877. The van der Waals surface area contributed by atoms with Crippen molar-refractivity contribution in [3.63, 3.8) is 0 Å². The number of halogens is 1. The average molecular weight is 293 g/mol. The monoisotopic (exact) mass is 293 g/mol. The van der Waals surface area contributed by atoms with Crippen molar-refractivity contribution in [3.8, 4) is 0 Å². The lowest BCUT2D eigenvalue weighted by molar-refractivity contribution is -0.124. The van der Waals surface area contributed by atoms with Crippen molar-refractivity contribution in [2.24, 2.45) is 5.92 Å². The van der Waals surface area contributed by atoms with Crippen molar-refractivity contribution in [2.45, 2.75) is 51.0 Å². The minimum absolute atomic E-state index is 0.000369. The van der Waals surface area contributed by atoms with Crippen molar-refractivity contribution in [3.05, 3.63) is 35.6 Å². The molecule has 2 unspecified atom stereocenters. The molecule has 0 saturated heterocycles. The number of hydrogen-bond acceptors (Lipinski definition) is 2. The summed E-state index contributed by atoms with van der Waals surface area (Å²) in [6, 6.07) is 6.22. The molecule has 0 heterocycles. The van der Waals surface area contributed by atoms with Crippen molar-refractivity contribution in [1.29, 1.82) is 0 Å². The smallest absolute Gasteiger partial charge is 0.220 e. The molecule has 0 aliphatic heterocycles. The molecule has 0 radical (unpaired) electrons. The van der Waals surface area contributed by atoms with Gasteiger partial charge in [-0.05, 0) is 42.9 Å². The minimum atomic E-state index is -0.447. The van der Waals surface area contributed by atoms with Crippen LogP contribution in [-0.2, 0) is 11.2 Å². The minimum Gasteiger partial charge on any atom is -0.394 e. The van der Waals surface area contributed by atoms with Gasteiger partial charge in [0.15, 0.2) is 0 Å². The summed E-state index contributed by atoms with van der Waals surface area (Å²) in [6.07, 6.45) is 4.83. The van der Waals surface area contributed by atoms with Gasteiger partial charge in [0.2, 0.25) is 5.91 Å². The van der Waals surface area contributed by atoms with Gasteiger partial charge in [0, 0.05) is 6.42 Å². The second-order valence-electron chi connectivity index (χ2n) is 6.31. The Balaban J connectivity index is 1.86. The molecule has 2 N–H and O–H groups in total. The number of benzene rings is 1. The number of aliphatic hydroxyl groups excluding tert-OH is 1. The van der Waals surface area contributed by atoms with E-state index in [1.165, 1.54) is 12.1 Å². The van der Waals surface area contributed by atoms with Crippen LogP contribution in [0.4, 0.5) is 4.39 Å². The molecule has 2 rings (SSSR count). The van der Waals surface area contributed by atoms with Crippen LogP contribution in [0.25, 0.3) is 0 Å². The van der Waals surface area contributed by atoms with Gasteiger partial charge in [-0.3, -0.25) is 4.79 Å². The van der Waals surface area contributed by atoms with E-state index in [0.29, 0.717) is 18.8 Å². The van der Waals surface area contributed by atoms with E-state index in [-0.39, 0.29) is 18.3 Å². The van der Waals surface area contributed by atoms with E-state index in [4.69, 9.17) is 0 Å². The topological polar surface area (TPSA) is 49.3 Å². The van der Waals surface area contributed by atoms with Crippen LogP contribution in [-0.4, -0.2) is 23.2 Å². The van der Waals surface area contributed by atoms with E-state index in [0.717, 1.165) is 31.2 Å². The summed E-state index contributed by atoms with van der Waals surface area (Å²) < 4.78 is 12.8. The maximum Gasteiger partial charge on any atom is 0.220 e. The Morgan fingerprint density at radius 3 is 2.76 bits per heavy atom. The fourth-order valence-electron chi connectivity index (χ4n) is 3.22. The third-order valence-corrected chi connectivity index (χ3v) is 4.35. The lowest BCUT2D eigenvalue weighted by Crippen LogP contribution is -2.53. The van der Waals surface area contributed by atoms with E-state index in [2.05, 4.69) is 12.2 Å². The molecule has 1 aromatic rings. The van der Waals surface area contributed by atoms with Crippen molar-refractivity contribution in [1.82, 2.24) is 5.32 Å². The van der Waals surface area contributed by atoms with Gasteiger partial charge in [0.25, 0.3) is 0 Å². The first kappa shape index (κ1) is 16.0. The molecule has 0 aromatic heterocycles. The molecule has 1 aromatic carbocycles. The van der Waals surface area contributed by atoms with Crippen LogP contribution in [0, 0.1) is 11.7 Å². The zero-order chi connectivity index (χ0) is 15.3. The van der Waals surface area contributed by atoms with E-state index in [1.807, 2.05) is 0 Å². The van der Waals surface area contributed by atoms with E-state index in [9.17, 15) is 14.3 Å². The predicted octanol–water partition coefficient (Wildman–Crippen LogP) is 2.82.